The van der Waals surface area contributed by atoms with Gasteiger partial charge in [-0.1, -0.05) is 18.2 Å². The molecule has 2 N–H and O–H groups in total. The molecule has 2 aromatic heterocycles. The highest BCUT2D eigenvalue weighted by Gasteiger charge is 2.35. The number of ether oxygens (including phenoxy) is 2. The summed E-state index contributed by atoms with van der Waals surface area (Å²) in [6.07, 6.45) is 1.56. The van der Waals surface area contributed by atoms with Crippen LogP contribution in [0, 0.1) is 0 Å². The van der Waals surface area contributed by atoms with E-state index in [1.165, 1.54) is 6.33 Å². The third-order valence-corrected chi connectivity index (χ3v) is 3.98. The Morgan fingerprint density at radius 1 is 1.21 bits per heavy atom. The number of rotatable bonds is 4. The van der Waals surface area contributed by atoms with Gasteiger partial charge < -0.3 is 19.7 Å². The lowest BCUT2D eigenvalue weighted by Gasteiger charge is -2.13. The molecule has 0 bridgehead atoms. The van der Waals surface area contributed by atoms with Crippen LogP contribution in [0.3, 0.4) is 0 Å². The summed E-state index contributed by atoms with van der Waals surface area (Å²) >= 11 is 0. The lowest BCUT2D eigenvalue weighted by Crippen LogP contribution is -2.24. The van der Waals surface area contributed by atoms with Crippen molar-refractivity contribution in [2.75, 3.05) is 6.61 Å². The number of para-hydroxylation sites is 1. The number of fused-ring (bicyclic) bond motifs is 1. The standard InChI is InChI=1S/C16H16N4O4/c21-7-12-11(22)6-13(24-12)20-9-19-14-15(20)17-8-18-16(14)23-10-4-2-1-3-5-10/h1-5,8-9,11-13,21-22H,6-7H2/t11-,12+,13+/m0/s1. The fraction of sp³-hybridized carbons (Fsp3) is 0.312. The lowest BCUT2D eigenvalue weighted by atomic mass is 10.2. The lowest BCUT2D eigenvalue weighted by molar-refractivity contribution is -0.0432. The van der Waals surface area contributed by atoms with Gasteiger partial charge in [0.1, 0.15) is 24.4 Å². The van der Waals surface area contributed by atoms with E-state index in [1.807, 2.05) is 30.3 Å². The van der Waals surface area contributed by atoms with E-state index in [1.54, 1.807) is 10.9 Å². The van der Waals surface area contributed by atoms with E-state index in [9.17, 15) is 10.2 Å². The molecular weight excluding hydrogens is 312 g/mol. The third kappa shape index (κ3) is 2.60. The molecule has 4 rings (SSSR count). The van der Waals surface area contributed by atoms with Crippen molar-refractivity contribution in [1.29, 1.82) is 0 Å². The van der Waals surface area contributed by atoms with Crippen LogP contribution in [-0.4, -0.2) is 48.5 Å². The normalized spacial score (nSPS) is 23.7. The van der Waals surface area contributed by atoms with Crippen LogP contribution in [0.1, 0.15) is 12.6 Å². The van der Waals surface area contributed by atoms with Crippen LogP contribution in [0.15, 0.2) is 43.0 Å². The molecule has 0 radical (unpaired) electrons. The molecule has 3 atom stereocenters. The maximum Gasteiger partial charge on any atom is 0.250 e. The number of nitrogens with zero attached hydrogens (tertiary/aromatic N) is 4. The minimum atomic E-state index is -0.723. The summed E-state index contributed by atoms with van der Waals surface area (Å²) in [6, 6.07) is 9.29. The van der Waals surface area contributed by atoms with Gasteiger partial charge in [0.05, 0.1) is 19.0 Å². The van der Waals surface area contributed by atoms with Crippen molar-refractivity contribution in [2.45, 2.75) is 24.9 Å². The second kappa shape index (κ2) is 6.16. The first-order valence-corrected chi connectivity index (χ1v) is 7.61. The van der Waals surface area contributed by atoms with Crippen LogP contribution < -0.4 is 4.74 Å². The van der Waals surface area contributed by atoms with Crippen LogP contribution in [0.2, 0.25) is 0 Å². The Labute approximate surface area is 137 Å². The smallest absolute Gasteiger partial charge is 0.250 e. The number of aliphatic hydroxyl groups is 2. The molecule has 3 heterocycles. The zero-order valence-electron chi connectivity index (χ0n) is 12.7. The third-order valence-electron chi connectivity index (χ3n) is 3.98. The first-order chi connectivity index (χ1) is 11.8. The first-order valence-electron chi connectivity index (χ1n) is 7.61. The highest BCUT2D eigenvalue weighted by molar-refractivity contribution is 5.76. The molecular formula is C16H16N4O4. The summed E-state index contributed by atoms with van der Waals surface area (Å²) in [5.74, 6) is 1.00. The van der Waals surface area contributed by atoms with E-state index in [4.69, 9.17) is 9.47 Å². The molecule has 8 heteroatoms. The van der Waals surface area contributed by atoms with Crippen molar-refractivity contribution in [2.24, 2.45) is 0 Å². The van der Waals surface area contributed by atoms with E-state index in [0.29, 0.717) is 29.2 Å². The van der Waals surface area contributed by atoms with E-state index in [2.05, 4.69) is 15.0 Å². The Morgan fingerprint density at radius 2 is 2.04 bits per heavy atom. The molecule has 1 saturated heterocycles. The summed E-state index contributed by atoms with van der Waals surface area (Å²) in [7, 11) is 0. The van der Waals surface area contributed by atoms with Gasteiger partial charge in [-0.15, -0.1) is 0 Å². The van der Waals surface area contributed by atoms with E-state index in [-0.39, 0.29) is 6.61 Å². The topological polar surface area (TPSA) is 103 Å². The Bertz CT molecular complexity index is 838. The maximum atomic E-state index is 9.90. The van der Waals surface area contributed by atoms with Crippen LogP contribution in [0.25, 0.3) is 11.2 Å². The van der Waals surface area contributed by atoms with E-state index >= 15 is 0 Å². The molecule has 1 aliphatic rings. The van der Waals surface area contributed by atoms with Crippen molar-refractivity contribution in [1.82, 2.24) is 19.5 Å². The Hall–Kier alpha value is -2.55. The zero-order chi connectivity index (χ0) is 16.5. The van der Waals surface area contributed by atoms with Gasteiger partial charge >= 0.3 is 0 Å². The predicted molar refractivity (Wildman–Crippen MR) is 83.5 cm³/mol. The number of hydrogen-bond acceptors (Lipinski definition) is 7. The largest absolute Gasteiger partial charge is 0.437 e. The fourth-order valence-corrected chi connectivity index (χ4v) is 2.77. The second-order valence-electron chi connectivity index (χ2n) is 5.53. The van der Waals surface area contributed by atoms with Crippen molar-refractivity contribution in [3.63, 3.8) is 0 Å². The van der Waals surface area contributed by atoms with Crippen molar-refractivity contribution in [3.8, 4) is 11.6 Å². The molecule has 0 amide bonds. The van der Waals surface area contributed by atoms with Crippen LogP contribution >= 0.6 is 0 Å². The molecule has 1 fully saturated rings. The number of aliphatic hydroxyl groups excluding tert-OH is 2. The van der Waals surface area contributed by atoms with Crippen molar-refractivity contribution < 1.29 is 19.7 Å². The summed E-state index contributed by atoms with van der Waals surface area (Å²) < 4.78 is 13.1. The SMILES string of the molecule is OC[C@H]1O[C@@H](n2cnc3c(Oc4ccccc4)ncnc32)C[C@@H]1O. The molecule has 3 aromatic rings. The predicted octanol–water partition coefficient (Wildman–Crippen LogP) is 1.26. The van der Waals surface area contributed by atoms with Gasteiger partial charge in [0.25, 0.3) is 5.88 Å². The molecule has 124 valence electrons. The van der Waals surface area contributed by atoms with E-state index < -0.39 is 18.4 Å². The highest BCUT2D eigenvalue weighted by atomic mass is 16.5. The molecule has 0 spiro atoms. The average molecular weight is 328 g/mol. The Balaban J connectivity index is 1.67. The average Bonchev–Trinajstić information content (AvgIpc) is 3.19. The van der Waals surface area contributed by atoms with Crippen molar-refractivity contribution >= 4 is 11.2 Å². The van der Waals surface area contributed by atoms with Gasteiger partial charge in [0.2, 0.25) is 0 Å². The summed E-state index contributed by atoms with van der Waals surface area (Å²) in [5.41, 5.74) is 1.05. The van der Waals surface area contributed by atoms with Gasteiger partial charge in [0.15, 0.2) is 11.2 Å². The van der Waals surface area contributed by atoms with Crippen LogP contribution in [-0.2, 0) is 4.74 Å². The first kappa shape index (κ1) is 15.0. The zero-order valence-corrected chi connectivity index (χ0v) is 12.7. The monoisotopic (exact) mass is 328 g/mol. The number of benzene rings is 1. The Kier molecular flexibility index (Phi) is 3.85. The second-order valence-corrected chi connectivity index (χ2v) is 5.53. The molecule has 0 saturated carbocycles. The molecule has 24 heavy (non-hydrogen) atoms. The minimum Gasteiger partial charge on any atom is -0.437 e. The number of hydrogen-bond donors (Lipinski definition) is 2. The van der Waals surface area contributed by atoms with Gasteiger partial charge in [-0.2, -0.15) is 4.98 Å². The van der Waals surface area contributed by atoms with E-state index in [0.717, 1.165) is 0 Å². The number of imidazole rings is 1. The fourth-order valence-electron chi connectivity index (χ4n) is 2.77. The van der Waals surface area contributed by atoms with Gasteiger partial charge in [0, 0.05) is 6.42 Å². The number of aromatic nitrogens is 4. The molecule has 0 unspecified atom stereocenters. The van der Waals surface area contributed by atoms with Gasteiger partial charge in [-0.05, 0) is 12.1 Å². The van der Waals surface area contributed by atoms with Crippen LogP contribution in [0.4, 0.5) is 0 Å². The van der Waals surface area contributed by atoms with Crippen LogP contribution in [0.5, 0.6) is 11.6 Å². The summed E-state index contributed by atoms with van der Waals surface area (Å²) in [4.78, 5) is 12.7. The van der Waals surface area contributed by atoms with Gasteiger partial charge in [-0.3, -0.25) is 4.57 Å². The maximum absolute atomic E-state index is 9.90. The molecule has 0 aliphatic carbocycles. The van der Waals surface area contributed by atoms with Gasteiger partial charge in [-0.25, -0.2) is 9.97 Å². The minimum absolute atomic E-state index is 0.234. The highest BCUT2D eigenvalue weighted by Crippen LogP contribution is 2.32. The Morgan fingerprint density at radius 3 is 2.79 bits per heavy atom. The summed E-state index contributed by atoms with van der Waals surface area (Å²) in [5, 5.41) is 19.1. The quantitative estimate of drug-likeness (QED) is 0.743. The molecule has 8 nitrogen and oxygen atoms in total. The molecule has 1 aliphatic heterocycles. The summed E-state index contributed by atoms with van der Waals surface area (Å²) in [6.45, 7) is -0.234. The van der Waals surface area contributed by atoms with Crippen molar-refractivity contribution in [3.05, 3.63) is 43.0 Å². The molecule has 1 aromatic carbocycles.